The number of hydrogen-bond acceptors (Lipinski definition) is 6. The number of anilines is 1. The lowest BCUT2D eigenvalue weighted by Crippen LogP contribution is -2.43. The van der Waals surface area contributed by atoms with E-state index in [9.17, 15) is 4.79 Å². The second kappa shape index (κ2) is 10.8. The third kappa shape index (κ3) is 5.27. The lowest BCUT2D eigenvalue weighted by atomic mass is 9.95. The van der Waals surface area contributed by atoms with Crippen molar-refractivity contribution in [3.8, 4) is 0 Å². The van der Waals surface area contributed by atoms with Gasteiger partial charge < -0.3 is 26.1 Å². The van der Waals surface area contributed by atoms with Crippen LogP contribution in [-0.2, 0) is 11.3 Å². The summed E-state index contributed by atoms with van der Waals surface area (Å²) >= 11 is 0. The molecule has 6 N–H and O–H groups in total. The van der Waals surface area contributed by atoms with Crippen LogP contribution in [0.25, 0.3) is 11.0 Å². The molecule has 1 saturated heterocycles. The van der Waals surface area contributed by atoms with E-state index in [-0.39, 0.29) is 11.8 Å². The zero-order valence-corrected chi connectivity index (χ0v) is 21.8. The molecule has 0 spiro atoms. The molecule has 0 unspecified atom stereocenters. The Bertz CT molecular complexity index is 1280. The van der Waals surface area contributed by atoms with Gasteiger partial charge in [-0.2, -0.15) is 5.10 Å². The third-order valence-corrected chi connectivity index (χ3v) is 8.03. The lowest BCUT2D eigenvalue weighted by Gasteiger charge is -2.33. The molecule has 196 valence electrons. The first kappa shape index (κ1) is 25.1. The quantitative estimate of drug-likeness (QED) is 0.178. The molecule has 2 fully saturated rings. The number of rotatable bonds is 6. The molecule has 1 amide bonds. The van der Waals surface area contributed by atoms with E-state index in [1.165, 1.54) is 24.0 Å². The number of nitrogens with one attached hydrogen (secondary N) is 2. The van der Waals surface area contributed by atoms with Crippen LogP contribution in [0.5, 0.6) is 0 Å². The van der Waals surface area contributed by atoms with Crippen LogP contribution < -0.4 is 27.3 Å². The van der Waals surface area contributed by atoms with Gasteiger partial charge in [-0.15, -0.1) is 0 Å². The maximum Gasteiger partial charge on any atom is 0.223 e. The SMILES string of the molecule is Cc1cc2nc(N3CCC(C(=O)NC4CCCC4)CC3)n(Cc3ccc(/C(=N/N)NN)cc3)c2cc1C. The largest absolute Gasteiger partial charge is 0.353 e. The van der Waals surface area contributed by atoms with Gasteiger partial charge in [0.15, 0.2) is 5.84 Å². The number of amides is 1. The van der Waals surface area contributed by atoms with Crippen LogP contribution in [0.3, 0.4) is 0 Å². The topological polar surface area (TPSA) is 127 Å². The van der Waals surface area contributed by atoms with Gasteiger partial charge in [0.25, 0.3) is 0 Å². The number of carbonyl (C=O) groups excluding carboxylic acids is 1. The predicted molar refractivity (Wildman–Crippen MR) is 148 cm³/mol. The average molecular weight is 503 g/mol. The highest BCUT2D eigenvalue weighted by atomic mass is 16.2. The smallest absolute Gasteiger partial charge is 0.223 e. The lowest BCUT2D eigenvalue weighted by molar-refractivity contribution is -0.126. The molecule has 2 aliphatic rings. The van der Waals surface area contributed by atoms with E-state index in [0.29, 0.717) is 18.4 Å². The highest BCUT2D eigenvalue weighted by Crippen LogP contribution is 2.30. The standard InChI is InChI=1S/C28H38N8O/c1-18-15-24-25(16-19(18)2)36(17-20-7-9-21(10-8-20)26(33-29)34-30)28(32-24)35-13-11-22(12-14-35)27(37)31-23-5-3-4-6-23/h7-10,15-16,22-23H,3-6,11-14,17,29-30H2,1-2H3,(H,31,37)(H,33,34). The van der Waals surface area contributed by atoms with E-state index in [4.69, 9.17) is 16.7 Å². The number of imidazole rings is 1. The number of aryl methyl sites for hydroxylation is 2. The minimum absolute atomic E-state index is 0.0845. The number of hydrogen-bond donors (Lipinski definition) is 4. The summed E-state index contributed by atoms with van der Waals surface area (Å²) in [5, 5.41) is 6.99. The Morgan fingerprint density at radius 3 is 2.38 bits per heavy atom. The Morgan fingerprint density at radius 1 is 1.05 bits per heavy atom. The molecule has 5 rings (SSSR count). The minimum atomic E-state index is 0.0845. The van der Waals surface area contributed by atoms with Crippen LogP contribution in [0, 0.1) is 19.8 Å². The van der Waals surface area contributed by atoms with Crippen LogP contribution in [0.2, 0.25) is 0 Å². The Balaban J connectivity index is 1.38. The first-order valence-electron chi connectivity index (χ1n) is 13.3. The number of piperidine rings is 1. The molecule has 2 aromatic carbocycles. The number of aromatic nitrogens is 2. The van der Waals surface area contributed by atoms with Crippen LogP contribution in [0.15, 0.2) is 41.5 Å². The van der Waals surface area contributed by atoms with Crippen LogP contribution in [0.1, 0.15) is 60.8 Å². The van der Waals surface area contributed by atoms with Crippen molar-refractivity contribution in [2.75, 3.05) is 18.0 Å². The fourth-order valence-electron chi connectivity index (χ4n) is 5.64. The summed E-state index contributed by atoms with van der Waals surface area (Å²) in [6, 6.07) is 12.8. The van der Waals surface area contributed by atoms with Crippen molar-refractivity contribution in [1.29, 1.82) is 0 Å². The van der Waals surface area contributed by atoms with Gasteiger partial charge in [-0.3, -0.25) is 4.79 Å². The second-order valence-electron chi connectivity index (χ2n) is 10.5. The Morgan fingerprint density at radius 2 is 1.73 bits per heavy atom. The van der Waals surface area contributed by atoms with Gasteiger partial charge in [-0.1, -0.05) is 37.1 Å². The summed E-state index contributed by atoms with van der Waals surface area (Å²) in [6.45, 7) is 6.59. The van der Waals surface area contributed by atoms with Crippen molar-refractivity contribution in [1.82, 2.24) is 20.3 Å². The number of benzene rings is 2. The Labute approximate surface area is 218 Å². The maximum absolute atomic E-state index is 12.9. The summed E-state index contributed by atoms with van der Waals surface area (Å²) in [5.74, 6) is 12.7. The molecule has 1 aromatic heterocycles. The zero-order valence-electron chi connectivity index (χ0n) is 21.8. The van der Waals surface area contributed by atoms with Crippen molar-refractivity contribution in [3.05, 3.63) is 58.7 Å². The molecule has 1 aliphatic heterocycles. The van der Waals surface area contributed by atoms with Gasteiger partial charge in [-0.05, 0) is 68.4 Å². The molecule has 1 aliphatic carbocycles. The van der Waals surface area contributed by atoms with Gasteiger partial charge >= 0.3 is 0 Å². The van der Waals surface area contributed by atoms with E-state index < -0.39 is 0 Å². The van der Waals surface area contributed by atoms with E-state index >= 15 is 0 Å². The van der Waals surface area contributed by atoms with Crippen molar-refractivity contribution in [2.45, 2.75) is 65.0 Å². The molecule has 1 saturated carbocycles. The number of hydrazine groups is 1. The Hall–Kier alpha value is -3.59. The first-order chi connectivity index (χ1) is 18.0. The monoisotopic (exact) mass is 502 g/mol. The summed E-state index contributed by atoms with van der Waals surface area (Å²) in [5.41, 5.74) is 9.10. The third-order valence-electron chi connectivity index (χ3n) is 8.03. The Kier molecular flexibility index (Phi) is 7.32. The van der Waals surface area contributed by atoms with Crippen molar-refractivity contribution in [2.24, 2.45) is 22.7 Å². The van der Waals surface area contributed by atoms with Gasteiger partial charge in [-0.25, -0.2) is 10.8 Å². The van der Waals surface area contributed by atoms with Crippen molar-refractivity contribution in [3.63, 3.8) is 0 Å². The molecule has 0 bridgehead atoms. The minimum Gasteiger partial charge on any atom is -0.353 e. The highest BCUT2D eigenvalue weighted by Gasteiger charge is 2.29. The maximum atomic E-state index is 12.9. The highest BCUT2D eigenvalue weighted by molar-refractivity contribution is 5.98. The van der Waals surface area contributed by atoms with Gasteiger partial charge in [0.1, 0.15) is 0 Å². The number of nitrogens with two attached hydrogens (primary N) is 2. The number of amidine groups is 1. The molecular weight excluding hydrogens is 464 g/mol. The van der Waals surface area contributed by atoms with Crippen molar-refractivity contribution < 1.29 is 4.79 Å². The van der Waals surface area contributed by atoms with E-state index in [2.05, 4.69) is 63.4 Å². The molecular formula is C28H38N8O. The summed E-state index contributed by atoms with van der Waals surface area (Å²) in [7, 11) is 0. The number of hydrazone groups is 1. The van der Waals surface area contributed by atoms with Gasteiger partial charge in [0, 0.05) is 30.6 Å². The van der Waals surface area contributed by atoms with E-state index in [0.717, 1.165) is 66.9 Å². The van der Waals surface area contributed by atoms with Gasteiger partial charge in [0.2, 0.25) is 11.9 Å². The summed E-state index contributed by atoms with van der Waals surface area (Å²) in [4.78, 5) is 20.3. The molecule has 0 atom stereocenters. The average Bonchev–Trinajstić information content (AvgIpc) is 3.54. The van der Waals surface area contributed by atoms with Crippen LogP contribution in [-0.4, -0.2) is 40.4 Å². The fraction of sp³-hybridized carbons (Fsp3) is 0.464. The number of nitrogens with zero attached hydrogens (tertiary/aromatic N) is 4. The van der Waals surface area contributed by atoms with Crippen molar-refractivity contribution >= 4 is 28.7 Å². The van der Waals surface area contributed by atoms with Crippen LogP contribution >= 0.6 is 0 Å². The number of carbonyl (C=O) groups is 1. The number of fused-ring (bicyclic) bond motifs is 1. The predicted octanol–water partition coefficient (Wildman–Crippen LogP) is 3.06. The summed E-state index contributed by atoms with van der Waals surface area (Å²) < 4.78 is 2.30. The summed E-state index contributed by atoms with van der Waals surface area (Å²) in [6.07, 6.45) is 6.40. The second-order valence-corrected chi connectivity index (χ2v) is 10.5. The van der Waals surface area contributed by atoms with Gasteiger partial charge in [0.05, 0.1) is 17.6 Å². The molecule has 0 radical (unpaired) electrons. The fourth-order valence-corrected chi connectivity index (χ4v) is 5.64. The first-order valence-corrected chi connectivity index (χ1v) is 13.3. The normalized spacial score (nSPS) is 17.5. The molecule has 3 aromatic rings. The van der Waals surface area contributed by atoms with E-state index in [1.54, 1.807) is 0 Å². The molecule has 37 heavy (non-hydrogen) atoms. The van der Waals surface area contributed by atoms with Crippen LogP contribution in [0.4, 0.5) is 5.95 Å². The zero-order chi connectivity index (χ0) is 25.9. The molecule has 9 heteroatoms. The molecule has 2 heterocycles. The van der Waals surface area contributed by atoms with E-state index in [1.807, 2.05) is 12.1 Å². The molecule has 9 nitrogen and oxygen atoms in total.